The van der Waals surface area contributed by atoms with Crippen molar-refractivity contribution >= 4 is 46.3 Å². The number of imide groups is 1. The summed E-state index contributed by atoms with van der Waals surface area (Å²) in [5, 5.41) is 2.01. The first-order valence-electron chi connectivity index (χ1n) is 7.21. The van der Waals surface area contributed by atoms with Crippen LogP contribution in [0.3, 0.4) is 0 Å². The predicted octanol–water partition coefficient (Wildman–Crippen LogP) is 1.55. The molecule has 1 aromatic rings. The van der Waals surface area contributed by atoms with E-state index in [2.05, 4.69) is 5.32 Å². The van der Waals surface area contributed by atoms with Gasteiger partial charge in [0.15, 0.2) is 0 Å². The molecule has 0 aromatic heterocycles. The smallest absolute Gasteiger partial charge is 0.325 e. The molecule has 1 aromatic carbocycles. The summed E-state index contributed by atoms with van der Waals surface area (Å²) in [5.41, 5.74) is 0.415. The van der Waals surface area contributed by atoms with Gasteiger partial charge in [-0.2, -0.15) is 0 Å². The maximum atomic E-state index is 12.3. The molecular weight excluding hydrogens is 357 g/mol. The van der Waals surface area contributed by atoms with Gasteiger partial charge in [0, 0.05) is 24.7 Å². The van der Waals surface area contributed by atoms with E-state index in [1.54, 1.807) is 19.1 Å². The lowest BCUT2D eigenvalue weighted by Gasteiger charge is -2.32. The molecule has 1 aliphatic heterocycles. The number of carbonyl (C=O) groups excluding carboxylic acids is 4. The van der Waals surface area contributed by atoms with Gasteiger partial charge < -0.3 is 10.2 Å². The maximum absolute atomic E-state index is 12.3. The Morgan fingerprint density at radius 3 is 2.33 bits per heavy atom. The van der Waals surface area contributed by atoms with Crippen LogP contribution < -0.4 is 5.32 Å². The third-order valence-electron chi connectivity index (χ3n) is 3.63. The molecule has 7 nitrogen and oxygen atoms in total. The van der Waals surface area contributed by atoms with Crippen LogP contribution >= 0.6 is 23.2 Å². The van der Waals surface area contributed by atoms with E-state index >= 15 is 0 Å². The van der Waals surface area contributed by atoms with Crippen LogP contribution in [0.4, 0.5) is 4.79 Å². The molecule has 0 unspecified atom stereocenters. The molecule has 1 heterocycles. The topological polar surface area (TPSA) is 86.8 Å². The molecule has 0 bridgehead atoms. The molecule has 1 atom stereocenters. The number of likely N-dealkylation sites (N-methyl/N-ethyl adjacent to an activating group) is 1. The molecule has 0 radical (unpaired) electrons. The number of amides is 4. The number of carbonyl (C=O) groups is 4. The highest BCUT2D eigenvalue weighted by atomic mass is 35.5. The van der Waals surface area contributed by atoms with Gasteiger partial charge in [0.2, 0.25) is 5.24 Å². The fraction of sp³-hybridized carbons (Fsp3) is 0.333. The fourth-order valence-corrected chi connectivity index (χ4v) is 2.60. The summed E-state index contributed by atoms with van der Waals surface area (Å²) < 4.78 is 0. The number of hydrogen-bond acceptors (Lipinski definition) is 4. The molecule has 1 fully saturated rings. The maximum Gasteiger partial charge on any atom is 0.325 e. The average molecular weight is 372 g/mol. The molecule has 0 spiro atoms. The normalized spacial score (nSPS) is 16.1. The fourth-order valence-electron chi connectivity index (χ4n) is 2.30. The van der Waals surface area contributed by atoms with Crippen molar-refractivity contribution in [1.29, 1.82) is 0 Å². The van der Waals surface area contributed by atoms with E-state index in [1.165, 1.54) is 17.0 Å². The highest BCUT2D eigenvalue weighted by Crippen LogP contribution is 2.19. The van der Waals surface area contributed by atoms with E-state index in [0.29, 0.717) is 17.1 Å². The van der Waals surface area contributed by atoms with Crippen LogP contribution in [0.5, 0.6) is 0 Å². The van der Waals surface area contributed by atoms with Gasteiger partial charge in [-0.3, -0.25) is 19.3 Å². The Kier molecular flexibility index (Phi) is 5.80. The largest absolute Gasteiger partial charge is 0.333 e. The van der Waals surface area contributed by atoms with Crippen LogP contribution in [0.2, 0.25) is 5.02 Å². The lowest BCUT2D eigenvalue weighted by Crippen LogP contribution is -2.58. The van der Waals surface area contributed by atoms with Gasteiger partial charge in [-0.15, -0.1) is 0 Å². The minimum atomic E-state index is -1.15. The van der Waals surface area contributed by atoms with Gasteiger partial charge >= 0.3 is 17.8 Å². The van der Waals surface area contributed by atoms with Crippen molar-refractivity contribution in [2.24, 2.45) is 0 Å². The molecular formula is C15H15Cl2N3O4. The van der Waals surface area contributed by atoms with E-state index in [0.717, 1.165) is 4.90 Å². The van der Waals surface area contributed by atoms with Crippen molar-refractivity contribution in [2.75, 3.05) is 19.6 Å². The summed E-state index contributed by atoms with van der Waals surface area (Å²) in [6.07, 6.45) is 0. The molecule has 1 aliphatic rings. The van der Waals surface area contributed by atoms with Gasteiger partial charge in [-0.1, -0.05) is 23.7 Å². The summed E-state index contributed by atoms with van der Waals surface area (Å²) >= 11 is 11.3. The van der Waals surface area contributed by atoms with Crippen LogP contribution in [0, 0.1) is 0 Å². The Balaban J connectivity index is 2.14. The Labute approximate surface area is 148 Å². The third-order valence-corrected chi connectivity index (χ3v) is 4.10. The van der Waals surface area contributed by atoms with E-state index in [1.807, 2.05) is 0 Å². The van der Waals surface area contributed by atoms with Crippen LogP contribution in [0.25, 0.3) is 0 Å². The van der Waals surface area contributed by atoms with Crippen molar-refractivity contribution in [3.05, 3.63) is 34.9 Å². The Morgan fingerprint density at radius 2 is 1.79 bits per heavy atom. The van der Waals surface area contributed by atoms with Crippen molar-refractivity contribution in [3.8, 4) is 0 Å². The zero-order chi connectivity index (χ0) is 17.9. The van der Waals surface area contributed by atoms with Gasteiger partial charge in [0.05, 0.1) is 0 Å². The SMILES string of the molecule is CCN1CCN(C(=O)N[C@@H](C(=O)Cl)c2ccc(Cl)cc2)C(=O)C1=O. The van der Waals surface area contributed by atoms with Crippen molar-refractivity contribution in [1.82, 2.24) is 15.1 Å². The second-order valence-electron chi connectivity index (χ2n) is 5.08. The molecule has 0 aliphatic carbocycles. The molecule has 9 heteroatoms. The van der Waals surface area contributed by atoms with Crippen molar-refractivity contribution < 1.29 is 19.2 Å². The molecule has 0 saturated carbocycles. The van der Waals surface area contributed by atoms with E-state index in [9.17, 15) is 19.2 Å². The molecule has 24 heavy (non-hydrogen) atoms. The van der Waals surface area contributed by atoms with Crippen LogP contribution in [-0.2, 0) is 14.4 Å². The Hall–Kier alpha value is -2.12. The molecule has 4 amide bonds. The summed E-state index contributed by atoms with van der Waals surface area (Å²) in [5.74, 6) is -1.68. The first-order valence-corrected chi connectivity index (χ1v) is 7.96. The van der Waals surface area contributed by atoms with Gasteiger partial charge in [0.1, 0.15) is 6.04 Å². The zero-order valence-electron chi connectivity index (χ0n) is 12.8. The highest BCUT2D eigenvalue weighted by Gasteiger charge is 2.36. The Morgan fingerprint density at radius 1 is 1.17 bits per heavy atom. The third kappa shape index (κ3) is 3.85. The van der Waals surface area contributed by atoms with E-state index in [4.69, 9.17) is 23.2 Å². The predicted molar refractivity (Wildman–Crippen MR) is 87.6 cm³/mol. The quantitative estimate of drug-likeness (QED) is 0.642. The molecule has 2 rings (SSSR count). The first-order chi connectivity index (χ1) is 11.3. The van der Waals surface area contributed by atoms with Crippen LogP contribution in [0.1, 0.15) is 18.5 Å². The number of urea groups is 1. The lowest BCUT2D eigenvalue weighted by molar-refractivity contribution is -0.153. The van der Waals surface area contributed by atoms with Crippen molar-refractivity contribution in [3.63, 3.8) is 0 Å². The number of hydrogen-bond donors (Lipinski definition) is 1. The van der Waals surface area contributed by atoms with E-state index < -0.39 is 29.1 Å². The number of nitrogens with zero attached hydrogens (tertiary/aromatic N) is 2. The van der Waals surface area contributed by atoms with Crippen LogP contribution in [0.15, 0.2) is 24.3 Å². The summed E-state index contributed by atoms with van der Waals surface area (Å²) in [6, 6.07) is 4.17. The summed E-state index contributed by atoms with van der Waals surface area (Å²) in [7, 11) is 0. The van der Waals surface area contributed by atoms with Crippen LogP contribution in [-0.4, -0.2) is 52.5 Å². The number of nitrogens with one attached hydrogen (secondary N) is 1. The monoisotopic (exact) mass is 371 g/mol. The minimum absolute atomic E-state index is 0.0497. The molecule has 128 valence electrons. The highest BCUT2D eigenvalue weighted by molar-refractivity contribution is 6.64. The lowest BCUT2D eigenvalue weighted by atomic mass is 10.1. The standard InChI is InChI=1S/C15H15Cl2N3O4/c1-2-19-7-8-20(14(23)13(19)22)15(24)18-11(12(17)21)9-3-5-10(16)6-4-9/h3-6,11H,2,7-8H2,1H3,(H,18,24)/t11-/m1/s1. The molecule has 1 N–H and O–H groups in total. The average Bonchev–Trinajstić information content (AvgIpc) is 2.55. The number of halogens is 2. The zero-order valence-corrected chi connectivity index (χ0v) is 14.3. The number of benzene rings is 1. The van der Waals surface area contributed by atoms with Gasteiger partial charge in [-0.05, 0) is 36.2 Å². The second kappa shape index (κ2) is 7.63. The number of rotatable bonds is 4. The van der Waals surface area contributed by atoms with Gasteiger partial charge in [0.25, 0.3) is 0 Å². The van der Waals surface area contributed by atoms with E-state index in [-0.39, 0.29) is 13.1 Å². The Bertz CT molecular complexity index is 678. The summed E-state index contributed by atoms with van der Waals surface area (Å²) in [6.45, 7) is 2.42. The first kappa shape index (κ1) is 18.2. The summed E-state index contributed by atoms with van der Waals surface area (Å²) in [4.78, 5) is 49.9. The second-order valence-corrected chi connectivity index (χ2v) is 5.89. The minimum Gasteiger partial charge on any atom is -0.333 e. The van der Waals surface area contributed by atoms with Gasteiger partial charge in [-0.25, -0.2) is 4.79 Å². The number of piperazine rings is 1. The molecule has 1 saturated heterocycles. The van der Waals surface area contributed by atoms with Crippen molar-refractivity contribution in [2.45, 2.75) is 13.0 Å².